The predicted molar refractivity (Wildman–Crippen MR) is 48.6 cm³/mol. The molecule has 1 N–H and O–H groups in total. The van der Waals surface area contributed by atoms with Crippen molar-refractivity contribution in [1.29, 1.82) is 5.26 Å². The average Bonchev–Trinajstić information content (AvgIpc) is 2.27. The summed E-state index contributed by atoms with van der Waals surface area (Å²) >= 11 is 0. The zero-order valence-electron chi connectivity index (χ0n) is 8.28. The fourth-order valence-electron chi connectivity index (χ4n) is 1.02. The Bertz CT molecular complexity index is 431. The fourth-order valence-corrected chi connectivity index (χ4v) is 1.02. The molecule has 0 saturated heterocycles. The van der Waals surface area contributed by atoms with Crippen LogP contribution in [-0.4, -0.2) is 17.6 Å². The molecule has 0 saturated carbocycles. The maximum Gasteiger partial charge on any atom is 0.461 e. The van der Waals surface area contributed by atoms with Crippen LogP contribution in [0.3, 0.4) is 0 Å². The van der Waals surface area contributed by atoms with E-state index in [4.69, 9.17) is 10.4 Å². The van der Waals surface area contributed by atoms with Gasteiger partial charge < -0.3 is 9.84 Å². The van der Waals surface area contributed by atoms with E-state index >= 15 is 0 Å². The maximum atomic E-state index is 12.5. The van der Waals surface area contributed by atoms with E-state index in [-0.39, 0.29) is 5.56 Å². The van der Waals surface area contributed by atoms with Crippen molar-refractivity contribution in [1.82, 2.24) is 0 Å². The Labute approximate surface area is 93.9 Å². The number of aliphatic hydroxyl groups is 1. The Kier molecular flexibility index (Phi) is 3.91. The van der Waals surface area contributed by atoms with Gasteiger partial charge in [0.25, 0.3) is 0 Å². The van der Waals surface area contributed by atoms with Crippen LogP contribution in [0, 0.1) is 11.3 Å². The molecule has 1 aromatic carbocycles. The minimum absolute atomic E-state index is 0.0185. The highest BCUT2D eigenvalue weighted by molar-refractivity contribution is 5.32. The first-order chi connectivity index (χ1) is 7.86. The molecule has 0 amide bonds. The van der Waals surface area contributed by atoms with Gasteiger partial charge >= 0.3 is 12.5 Å². The van der Waals surface area contributed by atoms with Gasteiger partial charge in [-0.25, -0.2) is 0 Å². The molecule has 1 aromatic rings. The molecular weight excluding hydrogens is 242 g/mol. The lowest BCUT2D eigenvalue weighted by Crippen LogP contribution is -2.33. The van der Waals surface area contributed by atoms with Gasteiger partial charge in [-0.15, -0.1) is 0 Å². The smallest absolute Gasteiger partial charge is 0.428 e. The first-order valence-corrected chi connectivity index (χ1v) is 4.39. The van der Waals surface area contributed by atoms with Crippen LogP contribution >= 0.6 is 0 Å². The van der Waals surface area contributed by atoms with E-state index in [0.717, 1.165) is 12.1 Å². The molecule has 7 heteroatoms. The van der Waals surface area contributed by atoms with E-state index < -0.39 is 24.4 Å². The number of nitriles is 1. The van der Waals surface area contributed by atoms with Crippen molar-refractivity contribution >= 4 is 0 Å². The SMILES string of the molecule is N#CC(O)c1cccc(OC(F)(F)C(F)F)c1. The van der Waals surface area contributed by atoms with Crippen molar-refractivity contribution in [3.05, 3.63) is 29.8 Å². The second-order valence-corrected chi connectivity index (χ2v) is 3.07. The fraction of sp³-hybridized carbons (Fsp3) is 0.300. The molecule has 1 atom stereocenters. The minimum Gasteiger partial charge on any atom is -0.428 e. The first-order valence-electron chi connectivity index (χ1n) is 4.39. The molecule has 0 spiro atoms. The van der Waals surface area contributed by atoms with E-state index in [2.05, 4.69) is 4.74 Å². The number of alkyl halides is 4. The van der Waals surface area contributed by atoms with Crippen LogP contribution in [0.5, 0.6) is 5.75 Å². The molecule has 0 bridgehead atoms. The summed E-state index contributed by atoms with van der Waals surface area (Å²) in [4.78, 5) is 0. The Balaban J connectivity index is 2.91. The van der Waals surface area contributed by atoms with Crippen LogP contribution in [0.4, 0.5) is 17.6 Å². The second-order valence-electron chi connectivity index (χ2n) is 3.07. The third-order valence-electron chi connectivity index (χ3n) is 1.80. The molecule has 0 fully saturated rings. The standard InChI is InChI=1S/C10H7F4NO2/c11-9(12)10(13,14)17-7-3-1-2-6(4-7)8(16)5-15/h1-4,8-9,16H. The molecule has 0 aromatic heterocycles. The van der Waals surface area contributed by atoms with Crippen molar-refractivity contribution in [2.75, 3.05) is 0 Å². The predicted octanol–water partition coefficient (Wildman–Crippen LogP) is 2.48. The van der Waals surface area contributed by atoms with Crippen molar-refractivity contribution in [3.63, 3.8) is 0 Å². The molecule has 17 heavy (non-hydrogen) atoms. The number of ether oxygens (including phenoxy) is 1. The number of rotatable bonds is 4. The zero-order chi connectivity index (χ0) is 13.1. The molecule has 0 radical (unpaired) electrons. The van der Waals surface area contributed by atoms with E-state index in [0.29, 0.717) is 0 Å². The first kappa shape index (κ1) is 13.3. The molecule has 92 valence electrons. The molecule has 0 aliphatic carbocycles. The Hall–Kier alpha value is -1.81. The number of benzene rings is 1. The summed E-state index contributed by atoms with van der Waals surface area (Å²) in [7, 11) is 0. The lowest BCUT2D eigenvalue weighted by molar-refractivity contribution is -0.253. The summed E-state index contributed by atoms with van der Waals surface area (Å²) in [5, 5.41) is 17.5. The van der Waals surface area contributed by atoms with Crippen LogP contribution in [0.25, 0.3) is 0 Å². The maximum absolute atomic E-state index is 12.5. The number of hydrogen-bond donors (Lipinski definition) is 1. The van der Waals surface area contributed by atoms with Crippen LogP contribution in [-0.2, 0) is 0 Å². The second kappa shape index (κ2) is 5.01. The quantitative estimate of drug-likeness (QED) is 0.658. The Morgan fingerprint density at radius 3 is 2.53 bits per heavy atom. The van der Waals surface area contributed by atoms with Crippen LogP contribution in [0.1, 0.15) is 11.7 Å². The molecule has 3 nitrogen and oxygen atoms in total. The van der Waals surface area contributed by atoms with Gasteiger partial charge in [0.15, 0.2) is 6.10 Å². The van der Waals surface area contributed by atoms with Gasteiger partial charge in [0.1, 0.15) is 5.75 Å². The number of hydrogen-bond acceptors (Lipinski definition) is 3. The van der Waals surface area contributed by atoms with Gasteiger partial charge in [-0.2, -0.15) is 22.8 Å². The van der Waals surface area contributed by atoms with Crippen molar-refractivity contribution < 1.29 is 27.4 Å². The molecule has 0 aliphatic heterocycles. The summed E-state index contributed by atoms with van der Waals surface area (Å²) in [6.07, 6.45) is -10.1. The highest BCUT2D eigenvalue weighted by atomic mass is 19.3. The molecule has 1 rings (SSSR count). The topological polar surface area (TPSA) is 53.2 Å². The third kappa shape index (κ3) is 3.32. The Morgan fingerprint density at radius 2 is 2.00 bits per heavy atom. The average molecular weight is 249 g/mol. The minimum atomic E-state index is -4.61. The van der Waals surface area contributed by atoms with E-state index in [1.807, 2.05) is 0 Å². The molecule has 0 heterocycles. The van der Waals surface area contributed by atoms with E-state index in [9.17, 15) is 17.6 Å². The van der Waals surface area contributed by atoms with Crippen molar-refractivity contribution in [2.45, 2.75) is 18.6 Å². The van der Waals surface area contributed by atoms with Crippen LogP contribution in [0.15, 0.2) is 24.3 Å². The van der Waals surface area contributed by atoms with E-state index in [1.165, 1.54) is 18.2 Å². The van der Waals surface area contributed by atoms with Crippen LogP contribution in [0.2, 0.25) is 0 Å². The van der Waals surface area contributed by atoms with Crippen LogP contribution < -0.4 is 4.74 Å². The van der Waals surface area contributed by atoms with Gasteiger partial charge in [-0.3, -0.25) is 0 Å². The molecular formula is C10H7F4NO2. The zero-order valence-corrected chi connectivity index (χ0v) is 8.28. The summed E-state index contributed by atoms with van der Waals surface area (Å²) in [5.41, 5.74) is -0.0185. The summed E-state index contributed by atoms with van der Waals surface area (Å²) < 4.78 is 52.6. The van der Waals surface area contributed by atoms with Gasteiger partial charge in [-0.05, 0) is 17.7 Å². The van der Waals surface area contributed by atoms with E-state index in [1.54, 1.807) is 0 Å². The van der Waals surface area contributed by atoms with Gasteiger partial charge in [0.05, 0.1) is 6.07 Å². The monoisotopic (exact) mass is 249 g/mol. The summed E-state index contributed by atoms with van der Waals surface area (Å²) in [6, 6.07) is 5.85. The summed E-state index contributed by atoms with van der Waals surface area (Å²) in [5.74, 6) is -0.554. The lowest BCUT2D eigenvalue weighted by atomic mass is 10.1. The number of halogens is 4. The highest BCUT2D eigenvalue weighted by Gasteiger charge is 2.43. The number of nitrogens with zero attached hydrogens (tertiary/aromatic N) is 1. The number of aliphatic hydroxyl groups excluding tert-OH is 1. The van der Waals surface area contributed by atoms with Gasteiger partial charge in [0.2, 0.25) is 0 Å². The molecule has 1 unspecified atom stereocenters. The van der Waals surface area contributed by atoms with Gasteiger partial charge in [0, 0.05) is 0 Å². The van der Waals surface area contributed by atoms with Gasteiger partial charge in [-0.1, -0.05) is 12.1 Å². The molecule has 0 aliphatic rings. The van der Waals surface area contributed by atoms with Crippen molar-refractivity contribution in [3.8, 4) is 11.8 Å². The van der Waals surface area contributed by atoms with Crippen molar-refractivity contribution in [2.24, 2.45) is 0 Å². The Morgan fingerprint density at radius 1 is 1.35 bits per heavy atom. The highest BCUT2D eigenvalue weighted by Crippen LogP contribution is 2.28. The lowest BCUT2D eigenvalue weighted by Gasteiger charge is -2.17. The third-order valence-corrected chi connectivity index (χ3v) is 1.80. The largest absolute Gasteiger partial charge is 0.461 e. The summed E-state index contributed by atoms with van der Waals surface area (Å²) in [6.45, 7) is 0. The normalized spacial score (nSPS) is 13.2.